The monoisotopic (exact) mass is 1010 g/mol. The minimum Gasteiger partial charge on any atom is -0.503 e. The molecule has 0 fully saturated rings. The summed E-state index contributed by atoms with van der Waals surface area (Å²) in [6, 6.07) is 4.40. The van der Waals surface area contributed by atoms with Crippen LogP contribution >= 0.6 is 0 Å². The van der Waals surface area contributed by atoms with Crippen LogP contribution in [-0.2, 0) is 33.3 Å². The van der Waals surface area contributed by atoms with Gasteiger partial charge in [0.25, 0.3) is 0 Å². The molecule has 0 atom stereocenters. The predicted octanol–water partition coefficient (Wildman–Crippen LogP) is 1.23. The second kappa shape index (κ2) is 31.1. The normalized spacial score (nSPS) is 9.05. The molecule has 0 heterocycles. The van der Waals surface area contributed by atoms with Crippen molar-refractivity contribution in [3.63, 3.8) is 0 Å². The molecule has 1 aromatic carbocycles. The van der Waals surface area contributed by atoms with Crippen molar-refractivity contribution in [2.24, 2.45) is 0 Å². The fourth-order valence-corrected chi connectivity index (χ4v) is 2.05. The van der Waals surface area contributed by atoms with Crippen LogP contribution in [0.3, 0.4) is 0 Å². The zero-order chi connectivity index (χ0) is 26.6. The number of carboxylic acids is 1. The molecule has 0 aromatic heterocycles. The Labute approximate surface area is 206 Å². The number of ether oxygens (including phenoxy) is 4. The number of anilines is 2. The summed E-state index contributed by atoms with van der Waals surface area (Å²) in [5, 5.41) is 15.8. The Morgan fingerprint density at radius 1 is 0.838 bits per heavy atom. The summed E-state index contributed by atoms with van der Waals surface area (Å²) in [5.41, 5.74) is 1.04. The minimum atomic E-state index is -0.855. The molecule has 0 spiro atoms. The van der Waals surface area contributed by atoms with Crippen LogP contribution in [0.1, 0.15) is 30.6 Å². The fraction of sp³-hybridized carbons (Fsp3) is 0.565. The average Bonchev–Trinajstić information content (AvgIpc) is 2.87. The molecule has 0 aliphatic heterocycles. The molecule has 12 nitrogen and oxygen atoms in total. The van der Waals surface area contributed by atoms with E-state index in [4.69, 9.17) is 24.1 Å². The largest absolute Gasteiger partial charge is 0.503 e. The second-order valence-corrected chi connectivity index (χ2v) is 6.07. The molecular formula is C23H37Fm2N3O9-2. The van der Waals surface area contributed by atoms with Gasteiger partial charge in [-0.05, 0) is 12.6 Å². The number of hydrogen-bond acceptors (Lipinski definition) is 9. The molecule has 37 heavy (non-hydrogen) atoms. The van der Waals surface area contributed by atoms with Crippen LogP contribution in [0.4, 0.5) is 11.4 Å². The van der Waals surface area contributed by atoms with Crippen molar-refractivity contribution in [1.29, 1.82) is 0 Å². The molecule has 1 aromatic rings. The van der Waals surface area contributed by atoms with E-state index in [1.807, 2.05) is 20.9 Å². The Morgan fingerprint density at radius 3 is 1.73 bits per heavy atom. The molecule has 0 bridgehead atoms. The van der Waals surface area contributed by atoms with E-state index in [1.54, 1.807) is 0 Å². The van der Waals surface area contributed by atoms with E-state index >= 15 is 0 Å². The molecule has 0 saturated heterocycles. The number of hydrogen-bond donors (Lipinski definition) is 4. The van der Waals surface area contributed by atoms with E-state index < -0.39 is 5.97 Å². The maximum atomic E-state index is 10.4. The van der Waals surface area contributed by atoms with Crippen molar-refractivity contribution in [3.05, 3.63) is 23.8 Å². The predicted molar refractivity (Wildman–Crippen MR) is 131 cm³/mol. The topological polar surface area (TPSA) is 162 Å². The van der Waals surface area contributed by atoms with Crippen LogP contribution in [0.15, 0.2) is 18.2 Å². The van der Waals surface area contributed by atoms with Gasteiger partial charge in [-0.25, -0.2) is 0 Å². The first-order chi connectivity index (χ1) is 17.1. The summed E-state index contributed by atoms with van der Waals surface area (Å²) in [6.07, 6.45) is 3.56. The Bertz CT molecular complexity index is 687. The van der Waals surface area contributed by atoms with Crippen molar-refractivity contribution >= 4 is 36.5 Å². The molecule has 2 amide bonds. The van der Waals surface area contributed by atoms with Gasteiger partial charge < -0.3 is 49.6 Å². The fourth-order valence-electron chi connectivity index (χ4n) is 2.05. The second-order valence-electron chi connectivity index (χ2n) is 6.07. The Balaban J connectivity index is -0.000000270. The van der Waals surface area contributed by atoms with Gasteiger partial charge >= 0.3 is 5.97 Å². The van der Waals surface area contributed by atoms with Crippen LogP contribution in [0, 0.1) is 0 Å². The zero-order valence-electron chi connectivity index (χ0n) is 21.2. The molecule has 1 rings (SSSR count). The first-order valence-corrected chi connectivity index (χ1v) is 11.1. The average molecular weight is 1010 g/mol. The van der Waals surface area contributed by atoms with E-state index in [0.29, 0.717) is 69.5 Å². The molecule has 0 radical (unpaired) electrons. The van der Waals surface area contributed by atoms with Crippen LogP contribution in [0.2, 0.25) is 0 Å². The number of aliphatic carboxylic acids is 1. The number of carbonyl (C=O) groups excluding carboxylic acids is 3. The van der Waals surface area contributed by atoms with Crippen LogP contribution in [0.25, 0.3) is 0 Å². The third kappa shape index (κ3) is 25.6. The van der Waals surface area contributed by atoms with Gasteiger partial charge in [0.2, 0.25) is 0 Å². The summed E-state index contributed by atoms with van der Waals surface area (Å²) >= 11 is 0. The van der Waals surface area contributed by atoms with Crippen molar-refractivity contribution in [3.8, 4) is 0 Å². The van der Waals surface area contributed by atoms with Gasteiger partial charge in [-0.2, -0.15) is 11.4 Å². The number of rotatable bonds is 20. The van der Waals surface area contributed by atoms with Crippen LogP contribution < -0.4 is 16.0 Å². The number of carbonyl (C=O) groups is 2. The first-order valence-electron chi connectivity index (χ1n) is 11.1. The minimum absolute atomic E-state index is 0. The zero-order valence-corrected chi connectivity index (χ0v) is 26.0. The van der Waals surface area contributed by atoms with Crippen LogP contribution in [-0.4, -0.2) is 96.6 Å². The van der Waals surface area contributed by atoms with Crippen LogP contribution in [0.5, 0.6) is 0 Å². The summed E-state index contributed by atoms with van der Waals surface area (Å²) < 4.78 is 20.8. The van der Waals surface area contributed by atoms with E-state index in [9.17, 15) is 19.2 Å². The molecule has 0 aliphatic carbocycles. The van der Waals surface area contributed by atoms with Crippen molar-refractivity contribution < 1.29 is 43.2 Å². The van der Waals surface area contributed by atoms with Gasteiger partial charge in [-0.15, -0.1) is 12.1 Å². The van der Waals surface area contributed by atoms with Gasteiger partial charge in [0.15, 0.2) is 0 Å². The Kier molecular flexibility index (Phi) is 33.1. The number of nitrogens with one attached hydrogen (secondary N) is 3. The van der Waals surface area contributed by atoms with Gasteiger partial charge in [-0.1, -0.05) is 19.9 Å². The molecular weight excluding hydrogens is 976 g/mol. The number of likely N-dealkylation sites (N-methyl/N-ethyl adjacent to an activating group) is 1. The third-order valence-electron chi connectivity index (χ3n) is 3.62. The van der Waals surface area contributed by atoms with Crippen molar-refractivity contribution in [2.75, 3.05) is 77.1 Å². The first kappa shape index (κ1) is 39.3. The maximum absolute atomic E-state index is 10.4. The summed E-state index contributed by atoms with van der Waals surface area (Å²) in [5.74, 6) is -0.855. The summed E-state index contributed by atoms with van der Waals surface area (Å²) in [7, 11) is 1.88. The number of carboxylic acid groups (broad SMARTS) is 1. The Morgan fingerprint density at radius 2 is 1.30 bits per heavy atom. The molecule has 14 heteroatoms. The van der Waals surface area contributed by atoms with Crippen molar-refractivity contribution in [2.45, 2.75) is 20.3 Å². The van der Waals surface area contributed by atoms with Gasteiger partial charge in [0, 0.05) is 6.54 Å². The summed E-state index contributed by atoms with van der Waals surface area (Å²) in [6.45, 7) is 8.75. The number of amides is 2. The SMILES string of the molecule is CC.CNCCOCCOCCOCCOCCC(=O)O.O=[C-]Nc1ccc(C=O)cc1N[C-]=O.[Fm].[Fm]. The van der Waals surface area contributed by atoms with E-state index in [0.717, 1.165) is 6.54 Å². The third-order valence-corrected chi connectivity index (χ3v) is 3.62. The number of benzene rings is 1. The Hall–Kier alpha value is -4.90. The molecule has 4 N–H and O–H groups in total. The quantitative estimate of drug-likeness (QED) is 0.0648. The number of aldehydes is 1. The maximum Gasteiger partial charge on any atom is 0.305 e. The molecule has 224 valence electrons. The van der Waals surface area contributed by atoms with E-state index in [-0.39, 0.29) is 13.0 Å². The van der Waals surface area contributed by atoms with E-state index in [2.05, 4.69) is 16.0 Å². The van der Waals surface area contributed by atoms with E-state index in [1.165, 1.54) is 31.0 Å². The smallest absolute Gasteiger partial charge is 0.305 e. The summed E-state index contributed by atoms with van der Waals surface area (Å²) in [4.78, 5) is 40.7. The molecule has 0 aliphatic rings. The molecule has 0 saturated carbocycles. The van der Waals surface area contributed by atoms with Gasteiger partial charge in [0.1, 0.15) is 6.29 Å². The standard InChI is InChI=1S/C12H25NO6.C9H6N2O3.C2H6.2Fm/c1-13-3-5-17-7-9-19-11-10-18-8-6-16-4-2-12(14)15;12-4-7-1-2-8(10-5-13)9(3-7)11-6-14;1-2;;/h13H,2-11H2,1H3,(H,14,15);1-4H,(H,10,13)(H,11,14);1-2H3;;/q;-2;;;. The van der Waals surface area contributed by atoms with Gasteiger partial charge in [-0.3, -0.25) is 9.59 Å². The van der Waals surface area contributed by atoms with Gasteiger partial charge in [0.05, 0.1) is 72.1 Å². The molecule has 0 unspecified atom stereocenters. The van der Waals surface area contributed by atoms with Crippen molar-refractivity contribution in [1.82, 2.24) is 5.32 Å².